The minimum Gasteiger partial charge on any atom is -0.493 e. The lowest BCUT2D eigenvalue weighted by molar-refractivity contribution is 0.301. The van der Waals surface area contributed by atoms with Crippen LogP contribution in [0.4, 0.5) is 0 Å². The number of ether oxygens (including phenoxy) is 2. The molecular weight excluding hydrogens is 298 g/mol. The molecule has 0 unspecified atom stereocenters. The molecule has 0 bridgehead atoms. The Morgan fingerprint density at radius 2 is 1.91 bits per heavy atom. The van der Waals surface area contributed by atoms with Crippen molar-refractivity contribution in [2.24, 2.45) is 5.10 Å². The number of rotatable bonds is 9. The largest absolute Gasteiger partial charge is 0.493 e. The molecule has 0 atom stereocenters. The normalized spacial score (nSPS) is 10.5. The molecule has 0 heterocycles. The number of hydrogen-bond donors (Lipinski definition) is 2. The van der Waals surface area contributed by atoms with Gasteiger partial charge in [-0.15, -0.1) is 0 Å². The summed E-state index contributed by atoms with van der Waals surface area (Å²) in [4.78, 5) is 0. The van der Waals surface area contributed by atoms with Gasteiger partial charge in [-0.3, -0.25) is 5.43 Å². The van der Waals surface area contributed by atoms with Gasteiger partial charge in [0.25, 0.3) is 0 Å². The zero-order valence-corrected chi connectivity index (χ0v) is 14.3. The van der Waals surface area contributed by atoms with Gasteiger partial charge in [-0.2, -0.15) is 5.10 Å². The second kappa shape index (κ2) is 10.8. The van der Waals surface area contributed by atoms with Gasteiger partial charge in [0.05, 0.1) is 19.4 Å². The molecule has 0 aliphatic carbocycles. The molecule has 0 amide bonds. The molecule has 2 N–H and O–H groups in total. The maximum absolute atomic E-state index is 5.76. The van der Waals surface area contributed by atoms with E-state index in [1.807, 2.05) is 25.1 Å². The maximum atomic E-state index is 5.76. The third kappa shape index (κ3) is 6.76. The van der Waals surface area contributed by atoms with E-state index < -0.39 is 0 Å². The molecule has 0 radical (unpaired) electrons. The lowest BCUT2D eigenvalue weighted by atomic mass is 10.2. The van der Waals surface area contributed by atoms with E-state index in [9.17, 15) is 0 Å². The van der Waals surface area contributed by atoms with E-state index in [1.54, 1.807) is 6.21 Å². The van der Waals surface area contributed by atoms with Gasteiger partial charge in [-0.25, -0.2) is 0 Å². The van der Waals surface area contributed by atoms with Crippen LogP contribution in [0.2, 0.25) is 0 Å². The van der Waals surface area contributed by atoms with Gasteiger partial charge in [-0.1, -0.05) is 13.8 Å². The fourth-order valence-electron chi connectivity index (χ4n) is 1.63. The van der Waals surface area contributed by atoms with Crippen molar-refractivity contribution in [3.8, 4) is 11.5 Å². The summed E-state index contributed by atoms with van der Waals surface area (Å²) in [5.41, 5.74) is 3.65. The maximum Gasteiger partial charge on any atom is 0.186 e. The highest BCUT2D eigenvalue weighted by Gasteiger charge is 2.05. The highest BCUT2D eigenvalue weighted by atomic mass is 32.1. The molecule has 0 aromatic heterocycles. The lowest BCUT2D eigenvalue weighted by Gasteiger charge is -2.11. The Morgan fingerprint density at radius 3 is 2.59 bits per heavy atom. The highest BCUT2D eigenvalue weighted by Crippen LogP contribution is 2.24. The van der Waals surface area contributed by atoms with Crippen LogP contribution in [0.25, 0.3) is 0 Å². The summed E-state index contributed by atoms with van der Waals surface area (Å²) in [6.45, 7) is 8.23. The third-order valence-corrected chi connectivity index (χ3v) is 2.86. The van der Waals surface area contributed by atoms with E-state index >= 15 is 0 Å². The molecule has 1 rings (SSSR count). The molecular formula is C16H25N3O2S. The van der Waals surface area contributed by atoms with Crippen molar-refractivity contribution in [1.29, 1.82) is 0 Å². The van der Waals surface area contributed by atoms with Crippen LogP contribution in [0.1, 0.15) is 39.2 Å². The van der Waals surface area contributed by atoms with Crippen LogP contribution in [0.15, 0.2) is 23.3 Å². The summed E-state index contributed by atoms with van der Waals surface area (Å²) in [6, 6.07) is 5.74. The molecule has 1 aromatic carbocycles. The first-order chi connectivity index (χ1) is 10.7. The van der Waals surface area contributed by atoms with E-state index in [0.29, 0.717) is 18.3 Å². The van der Waals surface area contributed by atoms with Crippen molar-refractivity contribution >= 4 is 23.5 Å². The monoisotopic (exact) mass is 323 g/mol. The predicted octanol–water partition coefficient (Wildman–Crippen LogP) is 3.08. The summed E-state index contributed by atoms with van der Waals surface area (Å²) in [5, 5.41) is 7.59. The molecule has 0 spiro atoms. The summed E-state index contributed by atoms with van der Waals surface area (Å²) in [7, 11) is 0. The van der Waals surface area contributed by atoms with Crippen molar-refractivity contribution in [2.45, 2.75) is 33.6 Å². The van der Waals surface area contributed by atoms with Crippen molar-refractivity contribution in [1.82, 2.24) is 10.7 Å². The van der Waals surface area contributed by atoms with Gasteiger partial charge in [0.15, 0.2) is 5.11 Å². The Bertz CT molecular complexity index is 492. The van der Waals surface area contributed by atoms with E-state index in [-0.39, 0.29) is 0 Å². The molecule has 0 saturated heterocycles. The number of nitrogens with one attached hydrogen (secondary N) is 2. The summed E-state index contributed by atoms with van der Waals surface area (Å²) < 4.78 is 11.4. The van der Waals surface area contributed by atoms with E-state index in [1.165, 1.54) is 0 Å². The molecule has 0 aliphatic heterocycles. The summed E-state index contributed by atoms with van der Waals surface area (Å²) in [5.74, 6) is 1.57. The topological polar surface area (TPSA) is 54.9 Å². The molecule has 1 aromatic rings. The summed E-state index contributed by atoms with van der Waals surface area (Å²) >= 11 is 5.05. The Kier molecular flexibility index (Phi) is 8.98. The van der Waals surface area contributed by atoms with E-state index in [0.717, 1.165) is 36.4 Å². The molecule has 0 aliphatic rings. The molecule has 5 nitrogen and oxygen atoms in total. The number of thiocarbonyl (C=S) groups is 1. The van der Waals surface area contributed by atoms with Gasteiger partial charge >= 0.3 is 0 Å². The van der Waals surface area contributed by atoms with Crippen LogP contribution < -0.4 is 20.2 Å². The smallest absolute Gasteiger partial charge is 0.186 e. The van der Waals surface area contributed by atoms with Crippen LogP contribution in [-0.2, 0) is 0 Å². The van der Waals surface area contributed by atoms with Crippen LogP contribution in [-0.4, -0.2) is 31.1 Å². The summed E-state index contributed by atoms with van der Waals surface area (Å²) in [6.07, 6.45) is 3.61. The van der Waals surface area contributed by atoms with Crippen molar-refractivity contribution in [2.75, 3.05) is 19.8 Å². The lowest BCUT2D eigenvalue weighted by Crippen LogP contribution is -2.31. The van der Waals surface area contributed by atoms with Crippen LogP contribution in [0, 0.1) is 0 Å². The predicted molar refractivity (Wildman–Crippen MR) is 95.0 cm³/mol. The Hall–Kier alpha value is -1.82. The van der Waals surface area contributed by atoms with E-state index in [2.05, 4.69) is 29.7 Å². The first-order valence-electron chi connectivity index (χ1n) is 7.67. The van der Waals surface area contributed by atoms with Crippen molar-refractivity contribution in [3.05, 3.63) is 23.8 Å². The zero-order chi connectivity index (χ0) is 16.2. The van der Waals surface area contributed by atoms with Gasteiger partial charge in [0, 0.05) is 18.2 Å². The van der Waals surface area contributed by atoms with Crippen LogP contribution >= 0.6 is 12.2 Å². The van der Waals surface area contributed by atoms with Crippen LogP contribution in [0.3, 0.4) is 0 Å². The highest BCUT2D eigenvalue weighted by molar-refractivity contribution is 7.80. The zero-order valence-electron chi connectivity index (χ0n) is 13.5. The Morgan fingerprint density at radius 1 is 1.18 bits per heavy atom. The average molecular weight is 323 g/mol. The number of hydrogen-bond acceptors (Lipinski definition) is 4. The van der Waals surface area contributed by atoms with E-state index in [4.69, 9.17) is 21.7 Å². The second-order valence-electron chi connectivity index (χ2n) is 4.63. The van der Waals surface area contributed by atoms with Crippen molar-refractivity contribution < 1.29 is 9.47 Å². The van der Waals surface area contributed by atoms with Gasteiger partial charge in [-0.05, 0) is 44.1 Å². The van der Waals surface area contributed by atoms with Gasteiger partial charge < -0.3 is 14.8 Å². The minimum atomic E-state index is 0.498. The quantitative estimate of drug-likeness (QED) is 0.415. The minimum absolute atomic E-state index is 0.498. The Balaban J connectivity index is 2.77. The van der Waals surface area contributed by atoms with Gasteiger partial charge in [0.2, 0.25) is 0 Å². The molecule has 22 heavy (non-hydrogen) atoms. The number of benzene rings is 1. The number of nitrogens with zero attached hydrogens (tertiary/aromatic N) is 1. The average Bonchev–Trinajstić information content (AvgIpc) is 2.52. The van der Waals surface area contributed by atoms with Gasteiger partial charge in [0.1, 0.15) is 11.5 Å². The fraction of sp³-hybridized carbons (Fsp3) is 0.500. The van der Waals surface area contributed by atoms with Crippen LogP contribution in [0.5, 0.6) is 11.5 Å². The Labute approximate surface area is 138 Å². The number of hydrazone groups is 1. The second-order valence-corrected chi connectivity index (χ2v) is 5.03. The molecule has 122 valence electrons. The third-order valence-electron chi connectivity index (χ3n) is 2.63. The molecule has 6 heteroatoms. The standard InChI is InChI=1S/C16H25N3O2S/c1-4-9-20-14-8-7-13(15(11-14)21-10-5-2)12-18-19-16(22)17-6-3/h7-8,11-12H,4-6,9-10H2,1-3H3,(H2,17,19,22)/b18-12-. The molecule has 0 saturated carbocycles. The SMILES string of the molecule is CCCOc1ccc(/C=N\NC(=S)NCC)c(OCCC)c1. The van der Waals surface area contributed by atoms with Crippen molar-refractivity contribution in [3.63, 3.8) is 0 Å². The molecule has 0 fully saturated rings. The first-order valence-corrected chi connectivity index (χ1v) is 8.08. The fourth-order valence-corrected chi connectivity index (χ4v) is 1.83. The first kappa shape index (κ1) is 18.2.